The van der Waals surface area contributed by atoms with Gasteiger partial charge in [0.25, 0.3) is 5.69 Å². The summed E-state index contributed by atoms with van der Waals surface area (Å²) in [6.07, 6.45) is 0. The molecule has 0 aliphatic carbocycles. The van der Waals surface area contributed by atoms with Crippen LogP contribution in [0.25, 0.3) is 10.9 Å². The number of hydrogen-bond donors (Lipinski definition) is 0. The van der Waals surface area contributed by atoms with Crippen LogP contribution in [0.15, 0.2) is 18.2 Å². The Kier molecular flexibility index (Phi) is 3.27. The molecule has 1 heterocycles. The number of ether oxygens (including phenoxy) is 1. The molecule has 2 rings (SSSR count). The number of nitro benzene ring substituents is 1. The van der Waals surface area contributed by atoms with E-state index in [1.54, 1.807) is 6.92 Å². The molecule has 20 heavy (non-hydrogen) atoms. The van der Waals surface area contributed by atoms with E-state index in [0.29, 0.717) is 16.6 Å². The fourth-order valence-electron chi connectivity index (χ4n) is 2.17. The summed E-state index contributed by atoms with van der Waals surface area (Å²) in [7, 11) is 0. The number of nitro groups is 1. The van der Waals surface area contributed by atoms with Crippen LogP contribution in [0.3, 0.4) is 0 Å². The van der Waals surface area contributed by atoms with E-state index in [-0.39, 0.29) is 17.3 Å². The standard InChI is InChI=1S/C13H12N2O5/c1-7-13(20-9(3)17)11-5-4-10(15(18)19)6-12(11)14(7)8(2)16/h4-6H,1-3H3. The van der Waals surface area contributed by atoms with E-state index in [1.165, 1.54) is 36.6 Å². The molecular formula is C13H12N2O5. The van der Waals surface area contributed by atoms with Crippen LogP contribution in [-0.4, -0.2) is 21.4 Å². The fourth-order valence-corrected chi connectivity index (χ4v) is 2.17. The number of aromatic nitrogens is 1. The highest BCUT2D eigenvalue weighted by atomic mass is 16.6. The van der Waals surface area contributed by atoms with Gasteiger partial charge in [-0.1, -0.05) is 0 Å². The summed E-state index contributed by atoms with van der Waals surface area (Å²) in [5.74, 6) is -0.585. The third kappa shape index (κ3) is 2.13. The Bertz CT molecular complexity index is 745. The van der Waals surface area contributed by atoms with Crippen LogP contribution >= 0.6 is 0 Å². The summed E-state index contributed by atoms with van der Waals surface area (Å²) in [6.45, 7) is 4.20. The maximum atomic E-state index is 11.7. The number of non-ortho nitro benzene ring substituents is 1. The molecule has 7 nitrogen and oxygen atoms in total. The van der Waals surface area contributed by atoms with Gasteiger partial charge in [-0.25, -0.2) is 0 Å². The lowest BCUT2D eigenvalue weighted by molar-refractivity contribution is -0.384. The van der Waals surface area contributed by atoms with Gasteiger partial charge in [0.15, 0.2) is 5.75 Å². The monoisotopic (exact) mass is 276 g/mol. The van der Waals surface area contributed by atoms with Crippen molar-refractivity contribution in [2.45, 2.75) is 20.8 Å². The van der Waals surface area contributed by atoms with E-state index in [9.17, 15) is 19.7 Å². The van der Waals surface area contributed by atoms with Crippen molar-refractivity contribution < 1.29 is 19.2 Å². The van der Waals surface area contributed by atoms with E-state index in [1.807, 2.05) is 0 Å². The van der Waals surface area contributed by atoms with Crippen LogP contribution in [0, 0.1) is 17.0 Å². The highest BCUT2D eigenvalue weighted by molar-refractivity contribution is 5.99. The Labute approximate surface area is 113 Å². The molecule has 104 valence electrons. The minimum atomic E-state index is -0.544. The van der Waals surface area contributed by atoms with Gasteiger partial charge in [-0.3, -0.25) is 24.3 Å². The van der Waals surface area contributed by atoms with Gasteiger partial charge in [-0.2, -0.15) is 0 Å². The number of nitrogens with zero attached hydrogens (tertiary/aromatic N) is 2. The maximum Gasteiger partial charge on any atom is 0.308 e. The molecule has 0 bridgehead atoms. The Morgan fingerprint density at radius 2 is 1.95 bits per heavy atom. The Hall–Kier alpha value is -2.70. The number of fused-ring (bicyclic) bond motifs is 1. The second kappa shape index (κ2) is 4.76. The van der Waals surface area contributed by atoms with E-state index >= 15 is 0 Å². The zero-order valence-corrected chi connectivity index (χ0v) is 11.2. The van der Waals surface area contributed by atoms with E-state index in [0.717, 1.165) is 0 Å². The Morgan fingerprint density at radius 3 is 2.45 bits per heavy atom. The van der Waals surface area contributed by atoms with Gasteiger partial charge >= 0.3 is 5.97 Å². The first kappa shape index (κ1) is 13.7. The summed E-state index contributed by atoms with van der Waals surface area (Å²) in [6, 6.07) is 4.06. The lowest BCUT2D eigenvalue weighted by atomic mass is 10.2. The van der Waals surface area contributed by atoms with Crippen molar-refractivity contribution in [3.63, 3.8) is 0 Å². The van der Waals surface area contributed by atoms with Gasteiger partial charge in [-0.15, -0.1) is 0 Å². The SMILES string of the molecule is CC(=O)Oc1c(C)n(C(C)=O)c2cc([N+](=O)[O-])ccc12. The summed E-state index contributed by atoms with van der Waals surface area (Å²) in [5.41, 5.74) is 0.649. The molecule has 0 spiro atoms. The number of carbonyl (C=O) groups excluding carboxylic acids is 2. The molecular weight excluding hydrogens is 264 g/mol. The molecule has 2 aromatic rings. The molecule has 1 aromatic carbocycles. The predicted molar refractivity (Wildman–Crippen MR) is 70.9 cm³/mol. The van der Waals surface area contributed by atoms with Crippen molar-refractivity contribution in [2.75, 3.05) is 0 Å². The lowest BCUT2D eigenvalue weighted by Crippen LogP contribution is -2.08. The summed E-state index contributed by atoms with van der Waals surface area (Å²) in [4.78, 5) is 33.1. The number of hydrogen-bond acceptors (Lipinski definition) is 5. The largest absolute Gasteiger partial charge is 0.424 e. The normalized spacial score (nSPS) is 10.6. The third-order valence-corrected chi connectivity index (χ3v) is 2.90. The topological polar surface area (TPSA) is 91.4 Å². The molecule has 7 heteroatoms. The second-order valence-electron chi connectivity index (χ2n) is 4.32. The highest BCUT2D eigenvalue weighted by Gasteiger charge is 2.21. The van der Waals surface area contributed by atoms with Crippen LogP contribution < -0.4 is 4.74 Å². The van der Waals surface area contributed by atoms with Gasteiger partial charge in [0.2, 0.25) is 5.91 Å². The molecule has 0 aliphatic heterocycles. The van der Waals surface area contributed by atoms with Crippen LogP contribution in [0.4, 0.5) is 5.69 Å². The number of carbonyl (C=O) groups is 2. The molecule has 0 atom stereocenters. The molecule has 0 amide bonds. The Balaban J connectivity index is 2.82. The number of esters is 1. The van der Waals surface area contributed by atoms with Gasteiger partial charge < -0.3 is 4.74 Å². The van der Waals surface area contributed by atoms with Gasteiger partial charge in [-0.05, 0) is 13.0 Å². The van der Waals surface area contributed by atoms with Gasteiger partial charge in [0, 0.05) is 31.4 Å². The maximum absolute atomic E-state index is 11.7. The van der Waals surface area contributed by atoms with Crippen molar-refractivity contribution in [3.8, 4) is 5.75 Å². The van der Waals surface area contributed by atoms with Crippen LogP contribution in [0.1, 0.15) is 24.3 Å². The van der Waals surface area contributed by atoms with E-state index in [2.05, 4.69) is 0 Å². The molecule has 0 unspecified atom stereocenters. The van der Waals surface area contributed by atoms with E-state index < -0.39 is 10.9 Å². The second-order valence-corrected chi connectivity index (χ2v) is 4.32. The van der Waals surface area contributed by atoms with E-state index in [4.69, 9.17) is 4.74 Å². The minimum Gasteiger partial charge on any atom is -0.424 e. The first-order chi connectivity index (χ1) is 9.32. The summed E-state index contributed by atoms with van der Waals surface area (Å²) in [5, 5.41) is 11.3. The molecule has 0 radical (unpaired) electrons. The molecule has 0 saturated heterocycles. The highest BCUT2D eigenvalue weighted by Crippen LogP contribution is 2.35. The molecule has 0 N–H and O–H groups in total. The van der Waals surface area contributed by atoms with Crippen molar-refractivity contribution in [2.24, 2.45) is 0 Å². The first-order valence-electron chi connectivity index (χ1n) is 5.81. The Morgan fingerprint density at radius 1 is 1.30 bits per heavy atom. The zero-order chi connectivity index (χ0) is 15.0. The van der Waals surface area contributed by atoms with Crippen molar-refractivity contribution >= 4 is 28.5 Å². The molecule has 0 aliphatic rings. The third-order valence-electron chi connectivity index (χ3n) is 2.90. The minimum absolute atomic E-state index is 0.133. The average molecular weight is 276 g/mol. The van der Waals surface area contributed by atoms with Crippen molar-refractivity contribution in [1.29, 1.82) is 0 Å². The van der Waals surface area contributed by atoms with Crippen molar-refractivity contribution in [3.05, 3.63) is 34.0 Å². The summed E-state index contributed by atoms with van der Waals surface area (Å²) < 4.78 is 6.40. The quantitative estimate of drug-likeness (QED) is 0.477. The molecule has 0 fully saturated rings. The van der Waals surface area contributed by atoms with Crippen LogP contribution in [0.5, 0.6) is 5.75 Å². The molecule has 0 saturated carbocycles. The number of rotatable bonds is 2. The van der Waals surface area contributed by atoms with Gasteiger partial charge in [0.05, 0.1) is 16.1 Å². The molecule has 1 aromatic heterocycles. The van der Waals surface area contributed by atoms with Crippen molar-refractivity contribution in [1.82, 2.24) is 4.57 Å². The summed E-state index contributed by atoms with van der Waals surface area (Å²) >= 11 is 0. The van der Waals surface area contributed by atoms with Gasteiger partial charge in [0.1, 0.15) is 0 Å². The smallest absolute Gasteiger partial charge is 0.308 e. The fraction of sp³-hybridized carbons (Fsp3) is 0.231. The predicted octanol–water partition coefficient (Wildman–Crippen LogP) is 2.44. The van der Waals surface area contributed by atoms with Crippen LogP contribution in [-0.2, 0) is 4.79 Å². The first-order valence-corrected chi connectivity index (χ1v) is 5.81. The lowest BCUT2D eigenvalue weighted by Gasteiger charge is -2.02. The zero-order valence-electron chi connectivity index (χ0n) is 11.2. The average Bonchev–Trinajstić information content (AvgIpc) is 2.61. The number of benzene rings is 1. The van der Waals surface area contributed by atoms with Crippen LogP contribution in [0.2, 0.25) is 0 Å².